The lowest BCUT2D eigenvalue weighted by Crippen LogP contribution is -2.20. The van der Waals surface area contributed by atoms with E-state index >= 15 is 0 Å². The van der Waals surface area contributed by atoms with E-state index < -0.39 is 0 Å². The molecule has 11 aromatic rings. The molecule has 60 heavy (non-hydrogen) atoms. The highest BCUT2D eigenvalue weighted by Gasteiger charge is 2.34. The van der Waals surface area contributed by atoms with E-state index in [0.717, 1.165) is 101 Å². The molecule has 282 valence electrons. The molecule has 0 aliphatic carbocycles. The summed E-state index contributed by atoms with van der Waals surface area (Å²) < 4.78 is 21.7. The zero-order valence-corrected chi connectivity index (χ0v) is 32.1. The van der Waals surface area contributed by atoms with Crippen molar-refractivity contribution in [2.75, 3.05) is 9.80 Å². The Morgan fingerprint density at radius 3 is 1.93 bits per heavy atom. The lowest BCUT2D eigenvalue weighted by molar-refractivity contribution is 0.446. The number of hydrogen-bond donors (Lipinski definition) is 0. The molecule has 2 aromatic heterocycles. The third kappa shape index (κ3) is 4.82. The van der Waals surface area contributed by atoms with Crippen LogP contribution in [0.4, 0.5) is 34.1 Å². The van der Waals surface area contributed by atoms with Crippen LogP contribution in [-0.4, -0.2) is 4.57 Å². The summed E-state index contributed by atoms with van der Waals surface area (Å²) in [6.45, 7) is 0. The van der Waals surface area contributed by atoms with Crippen LogP contribution in [0, 0.1) is 0 Å². The Morgan fingerprint density at radius 1 is 0.400 bits per heavy atom. The molecule has 0 bridgehead atoms. The van der Waals surface area contributed by atoms with E-state index in [9.17, 15) is 0 Å². The summed E-state index contributed by atoms with van der Waals surface area (Å²) in [6.07, 6.45) is 0. The Balaban J connectivity index is 0.965. The van der Waals surface area contributed by atoms with Gasteiger partial charge in [-0.1, -0.05) is 103 Å². The second kappa shape index (κ2) is 12.6. The van der Waals surface area contributed by atoms with Gasteiger partial charge >= 0.3 is 0 Å². The fraction of sp³-hybridized carbons (Fsp3) is 0. The Kier molecular flexibility index (Phi) is 6.91. The van der Waals surface area contributed by atoms with Crippen LogP contribution < -0.4 is 19.3 Å². The molecule has 2 aliphatic rings. The number of benzene rings is 9. The Morgan fingerprint density at radius 2 is 1.05 bits per heavy atom. The average Bonchev–Trinajstić information content (AvgIpc) is 3.85. The normalized spacial score (nSPS) is 12.6. The van der Waals surface area contributed by atoms with Gasteiger partial charge < -0.3 is 23.4 Å². The van der Waals surface area contributed by atoms with Crippen LogP contribution in [0.15, 0.2) is 205 Å². The minimum Gasteiger partial charge on any atom is -0.456 e. The molecule has 6 heteroatoms. The number of aromatic nitrogens is 1. The van der Waals surface area contributed by atoms with Crippen molar-refractivity contribution in [2.24, 2.45) is 0 Å². The number of nitrogens with zero attached hydrogens (tertiary/aromatic N) is 3. The van der Waals surface area contributed by atoms with Crippen LogP contribution in [0.2, 0.25) is 0 Å². The van der Waals surface area contributed by atoms with Gasteiger partial charge in [-0.15, -0.1) is 0 Å². The van der Waals surface area contributed by atoms with Crippen molar-refractivity contribution in [3.8, 4) is 39.8 Å². The molecular formula is C54H33N3O3. The Hall–Kier alpha value is -8.22. The number of rotatable bonds is 5. The highest BCUT2D eigenvalue weighted by Crippen LogP contribution is 2.60. The van der Waals surface area contributed by atoms with Gasteiger partial charge in [-0.25, -0.2) is 0 Å². The molecule has 0 radical (unpaired) electrons. The van der Waals surface area contributed by atoms with Crippen molar-refractivity contribution < 1.29 is 13.9 Å². The highest BCUT2D eigenvalue weighted by molar-refractivity contribution is 6.14. The van der Waals surface area contributed by atoms with Crippen molar-refractivity contribution in [2.45, 2.75) is 0 Å². The molecule has 0 saturated heterocycles. The predicted octanol–water partition coefficient (Wildman–Crippen LogP) is 15.5. The number of ether oxygens (including phenoxy) is 2. The summed E-state index contributed by atoms with van der Waals surface area (Å²) >= 11 is 0. The molecule has 0 saturated carbocycles. The van der Waals surface area contributed by atoms with E-state index in [1.54, 1.807) is 0 Å². The summed E-state index contributed by atoms with van der Waals surface area (Å²) in [7, 11) is 0. The van der Waals surface area contributed by atoms with Crippen LogP contribution in [0.3, 0.4) is 0 Å². The molecule has 0 N–H and O–H groups in total. The van der Waals surface area contributed by atoms with Gasteiger partial charge in [0.05, 0.1) is 33.5 Å². The predicted molar refractivity (Wildman–Crippen MR) is 243 cm³/mol. The molecule has 4 heterocycles. The molecule has 0 fully saturated rings. The third-order valence-corrected chi connectivity index (χ3v) is 11.9. The Bertz CT molecular complexity index is 3510. The van der Waals surface area contributed by atoms with Gasteiger partial charge in [0.25, 0.3) is 0 Å². The SMILES string of the molecule is c1ccc(-n2c3ccccc3c3ccc(N(c4ccc(-c5ccc6c(c5)Oc5cccc7c5N6c5ccccc5O7)cc4)c4cccc5oc6ccccc6c45)cc32)cc1. The van der Waals surface area contributed by atoms with Gasteiger partial charge in [0, 0.05) is 33.2 Å². The van der Waals surface area contributed by atoms with Crippen molar-refractivity contribution >= 4 is 77.9 Å². The van der Waals surface area contributed by atoms with Crippen LogP contribution >= 0.6 is 0 Å². The first-order valence-electron chi connectivity index (χ1n) is 20.2. The van der Waals surface area contributed by atoms with Gasteiger partial charge in [0.2, 0.25) is 0 Å². The minimum absolute atomic E-state index is 0.766. The highest BCUT2D eigenvalue weighted by atomic mass is 16.5. The maximum atomic E-state index is 6.61. The summed E-state index contributed by atoms with van der Waals surface area (Å²) in [5, 5.41) is 4.57. The summed E-state index contributed by atoms with van der Waals surface area (Å²) in [5.41, 5.74) is 13.3. The first-order valence-corrected chi connectivity index (χ1v) is 20.2. The van der Waals surface area contributed by atoms with Crippen LogP contribution in [0.1, 0.15) is 0 Å². The zero-order valence-electron chi connectivity index (χ0n) is 32.1. The van der Waals surface area contributed by atoms with Crippen molar-refractivity contribution in [1.29, 1.82) is 0 Å². The molecule has 13 rings (SSSR count). The van der Waals surface area contributed by atoms with Gasteiger partial charge in [-0.2, -0.15) is 0 Å². The smallest absolute Gasteiger partial charge is 0.155 e. The maximum absolute atomic E-state index is 6.61. The van der Waals surface area contributed by atoms with Gasteiger partial charge in [-0.05, 0) is 108 Å². The first kappa shape index (κ1) is 32.8. The van der Waals surface area contributed by atoms with Crippen molar-refractivity contribution in [1.82, 2.24) is 4.57 Å². The molecule has 2 aliphatic heterocycles. The van der Waals surface area contributed by atoms with Gasteiger partial charge in [-0.3, -0.25) is 4.90 Å². The van der Waals surface area contributed by atoms with E-state index in [2.05, 4.69) is 166 Å². The fourth-order valence-corrected chi connectivity index (χ4v) is 9.31. The largest absolute Gasteiger partial charge is 0.456 e. The number of anilines is 6. The zero-order chi connectivity index (χ0) is 39.3. The monoisotopic (exact) mass is 771 g/mol. The third-order valence-electron chi connectivity index (χ3n) is 11.9. The molecule has 0 amide bonds. The van der Waals surface area contributed by atoms with Crippen LogP contribution in [0.25, 0.3) is 60.6 Å². The van der Waals surface area contributed by atoms with E-state index in [0.29, 0.717) is 0 Å². The van der Waals surface area contributed by atoms with E-state index in [4.69, 9.17) is 13.9 Å². The van der Waals surface area contributed by atoms with Crippen molar-refractivity contribution in [3.05, 3.63) is 200 Å². The van der Waals surface area contributed by atoms with Crippen LogP contribution in [0.5, 0.6) is 23.0 Å². The topological polar surface area (TPSA) is 43.0 Å². The molecule has 9 aromatic carbocycles. The van der Waals surface area contributed by atoms with Crippen LogP contribution in [-0.2, 0) is 0 Å². The minimum atomic E-state index is 0.766. The average molecular weight is 772 g/mol. The molecule has 0 atom stereocenters. The molecule has 0 spiro atoms. The van der Waals surface area contributed by atoms with Gasteiger partial charge in [0.15, 0.2) is 23.0 Å². The number of hydrogen-bond acceptors (Lipinski definition) is 5. The first-order chi connectivity index (χ1) is 29.7. The second-order valence-corrected chi connectivity index (χ2v) is 15.3. The van der Waals surface area contributed by atoms with E-state index in [1.165, 1.54) is 16.3 Å². The molecule has 0 unspecified atom stereocenters. The summed E-state index contributed by atoms with van der Waals surface area (Å²) in [5.74, 6) is 3.15. The van der Waals surface area contributed by atoms with E-state index in [-0.39, 0.29) is 0 Å². The number of para-hydroxylation sites is 6. The summed E-state index contributed by atoms with van der Waals surface area (Å²) in [4.78, 5) is 4.61. The number of fused-ring (bicyclic) bond motifs is 10. The van der Waals surface area contributed by atoms with Gasteiger partial charge in [0.1, 0.15) is 16.9 Å². The molecular weight excluding hydrogens is 739 g/mol. The second-order valence-electron chi connectivity index (χ2n) is 15.3. The number of furan rings is 1. The fourth-order valence-electron chi connectivity index (χ4n) is 9.31. The standard InChI is InChI=1S/C54H33N3O3/c1-2-12-36(13-3-1)56-42-16-6-4-14-39(42)40-30-29-38(33-46(40)56)55(45-18-10-21-49-53(45)41-15-5-8-19-47(41)58-49)37-27-24-34(25-28-37)35-26-31-44-52(32-35)60-51-23-11-22-50-54(51)57(44)43-17-7-9-20-48(43)59-50/h1-33H. The lowest BCUT2D eigenvalue weighted by Gasteiger charge is -2.37. The lowest BCUT2D eigenvalue weighted by atomic mass is 10.0. The maximum Gasteiger partial charge on any atom is 0.155 e. The summed E-state index contributed by atoms with van der Waals surface area (Å²) in [6, 6.07) is 70.2. The molecule has 6 nitrogen and oxygen atoms in total. The Labute approximate surface area is 344 Å². The van der Waals surface area contributed by atoms with Crippen molar-refractivity contribution in [3.63, 3.8) is 0 Å². The van der Waals surface area contributed by atoms with E-state index in [1.807, 2.05) is 48.5 Å². The quantitative estimate of drug-likeness (QED) is 0.174.